The van der Waals surface area contributed by atoms with E-state index in [-0.39, 0.29) is 0 Å². The van der Waals surface area contributed by atoms with Gasteiger partial charge in [0.25, 0.3) is 5.34 Å². The average Bonchev–Trinajstić information content (AvgIpc) is 3.27. The van der Waals surface area contributed by atoms with Crippen LogP contribution in [0.5, 0.6) is 5.75 Å². The van der Waals surface area contributed by atoms with Gasteiger partial charge in [-0.2, -0.15) is 4.39 Å². The highest BCUT2D eigenvalue weighted by Crippen LogP contribution is 2.32. The fraction of sp³-hybridized carbons (Fsp3) is 0.192. The van der Waals surface area contributed by atoms with E-state index in [1.165, 1.54) is 5.57 Å². The average molecular weight is 527 g/mol. The number of thioether (sulfide) groups is 1. The van der Waals surface area contributed by atoms with E-state index in [0.29, 0.717) is 17.3 Å². The number of hydrogen-bond acceptors (Lipinski definition) is 5. The Kier molecular flexibility index (Phi) is 9.18. The van der Waals surface area contributed by atoms with Gasteiger partial charge in [-0.3, -0.25) is 0 Å². The van der Waals surface area contributed by atoms with Crippen LogP contribution in [0.25, 0.3) is 23.2 Å². The second-order valence-corrected chi connectivity index (χ2v) is 11.4. The molecule has 0 amide bonds. The van der Waals surface area contributed by atoms with E-state index in [4.69, 9.17) is 4.74 Å². The van der Waals surface area contributed by atoms with Gasteiger partial charge in [0.2, 0.25) is 0 Å². The van der Waals surface area contributed by atoms with Crippen molar-refractivity contribution in [3.8, 4) is 22.8 Å². The Morgan fingerprint density at radius 3 is 2.54 bits per heavy atom. The van der Waals surface area contributed by atoms with Crippen LogP contribution in [0.15, 0.2) is 83.1 Å². The number of nitrogens with zero attached hydrogens (tertiary/aromatic N) is 4. The highest BCUT2D eigenvalue weighted by atomic mass is 32.2. The summed E-state index contributed by atoms with van der Waals surface area (Å²) in [5.41, 5.74) is 5.77. The minimum absolute atomic E-state index is 0.410. The normalized spacial score (nSPS) is 12.1. The molecule has 0 aliphatic carbocycles. The molecule has 0 aliphatic heterocycles. The van der Waals surface area contributed by atoms with Gasteiger partial charge >= 0.3 is 0 Å². The zero-order chi connectivity index (χ0) is 25.6. The first-order chi connectivity index (χ1) is 16.5. The molecule has 3 rings (SSSR count). The van der Waals surface area contributed by atoms with E-state index in [1.54, 1.807) is 47.0 Å². The molecule has 2 atom stereocenters. The molecule has 0 saturated heterocycles. The van der Waals surface area contributed by atoms with Crippen LogP contribution in [-0.2, 0) is 0 Å². The molecule has 182 valence electrons. The van der Waals surface area contributed by atoms with Gasteiger partial charge < -0.3 is 4.74 Å². The molecule has 1 aromatic heterocycles. The first-order valence-electron chi connectivity index (χ1n) is 10.8. The van der Waals surface area contributed by atoms with Crippen molar-refractivity contribution in [2.24, 2.45) is 4.99 Å². The molecule has 0 radical (unpaired) electrons. The predicted molar refractivity (Wildman–Crippen MR) is 154 cm³/mol. The lowest BCUT2D eigenvalue weighted by molar-refractivity contribution is 0.117. The van der Waals surface area contributed by atoms with E-state index < -0.39 is 5.34 Å². The predicted octanol–water partition coefficient (Wildman–Crippen LogP) is 7.55. The number of aliphatic imine (C=N–C) groups is 1. The van der Waals surface area contributed by atoms with Crippen LogP contribution in [0.2, 0.25) is 0 Å². The van der Waals surface area contributed by atoms with Gasteiger partial charge in [0.1, 0.15) is 12.1 Å². The third-order valence-corrected chi connectivity index (χ3v) is 5.88. The lowest BCUT2D eigenvalue weighted by atomic mass is 10.0. The fourth-order valence-electron chi connectivity index (χ4n) is 2.98. The summed E-state index contributed by atoms with van der Waals surface area (Å²) in [6, 6.07) is 13.0. The van der Waals surface area contributed by atoms with Gasteiger partial charge in [-0.05, 0) is 99.1 Å². The van der Waals surface area contributed by atoms with Crippen LogP contribution in [0.3, 0.4) is 0 Å². The van der Waals surface area contributed by atoms with Crippen LogP contribution >= 0.6 is 30.2 Å². The lowest BCUT2D eigenvalue weighted by Gasteiger charge is -2.16. The van der Waals surface area contributed by atoms with Gasteiger partial charge in [0, 0.05) is 5.56 Å². The molecule has 0 fully saturated rings. The summed E-state index contributed by atoms with van der Waals surface area (Å²) < 4.78 is 20.5. The van der Waals surface area contributed by atoms with Crippen LogP contribution in [0.4, 0.5) is 4.39 Å². The number of ether oxygens (including phenoxy) is 1. The Hall–Kier alpha value is -2.59. The topological polar surface area (TPSA) is 52.3 Å². The first kappa shape index (κ1) is 27.0. The maximum absolute atomic E-state index is 13.6. The fourth-order valence-corrected chi connectivity index (χ4v) is 3.83. The molecule has 2 aromatic carbocycles. The van der Waals surface area contributed by atoms with Crippen molar-refractivity contribution in [3.63, 3.8) is 0 Å². The Balaban J connectivity index is 1.76. The van der Waals surface area contributed by atoms with Crippen molar-refractivity contribution in [3.05, 3.63) is 89.3 Å². The Bertz CT molecular complexity index is 1290. The van der Waals surface area contributed by atoms with Crippen LogP contribution in [-0.4, -0.2) is 25.1 Å². The van der Waals surface area contributed by atoms with Crippen molar-refractivity contribution < 1.29 is 9.13 Å². The van der Waals surface area contributed by atoms with E-state index in [2.05, 4.69) is 47.8 Å². The van der Waals surface area contributed by atoms with E-state index in [0.717, 1.165) is 27.4 Å². The van der Waals surface area contributed by atoms with Crippen molar-refractivity contribution in [2.75, 3.05) is 0 Å². The maximum atomic E-state index is 13.6. The van der Waals surface area contributed by atoms with Crippen molar-refractivity contribution in [1.82, 2.24) is 14.8 Å². The van der Waals surface area contributed by atoms with Crippen molar-refractivity contribution in [2.45, 2.75) is 33.0 Å². The van der Waals surface area contributed by atoms with E-state index in [9.17, 15) is 4.39 Å². The molecular formula is C26H29FN4OP2S. The molecular weight excluding hydrogens is 497 g/mol. The summed E-state index contributed by atoms with van der Waals surface area (Å²) in [6.07, 6.45) is 5.56. The number of allylic oxidation sites excluding steroid dienone is 2. The summed E-state index contributed by atoms with van der Waals surface area (Å²) in [6.45, 7) is 12.2. The summed E-state index contributed by atoms with van der Waals surface area (Å²) in [5, 5.41) is 5.71. The van der Waals surface area contributed by atoms with E-state index >= 15 is 0 Å². The van der Waals surface area contributed by atoms with Gasteiger partial charge in [-0.15, -0.1) is 5.10 Å². The molecule has 3 aromatic rings. The third kappa shape index (κ3) is 8.54. The molecule has 1 heterocycles. The minimum atomic E-state index is -1.90. The Labute approximate surface area is 215 Å². The summed E-state index contributed by atoms with van der Waals surface area (Å²) in [7, 11) is 3.95. The van der Waals surface area contributed by atoms with Crippen LogP contribution < -0.4 is 4.74 Å². The number of aromatic nitrogens is 3. The number of rotatable bonds is 8. The Morgan fingerprint density at radius 1 is 1.17 bits per heavy atom. The van der Waals surface area contributed by atoms with Crippen LogP contribution in [0.1, 0.15) is 31.9 Å². The number of hydrogen-bond donors (Lipinski definition) is 0. The zero-order valence-electron chi connectivity index (χ0n) is 20.2. The SMILES string of the molecule is C=C(/C=C\c1cc(-c2ncn(-c3ccc(OC(F)(P)P)cc3)n2)ccc1C)N=C(C)SC=C(C)C. The summed E-state index contributed by atoms with van der Waals surface area (Å²) in [5.74, 6) is 1.01. The molecule has 0 N–H and O–H groups in total. The first-order valence-corrected chi connectivity index (χ1v) is 12.8. The van der Waals surface area contributed by atoms with E-state index in [1.807, 2.05) is 55.8 Å². The third-order valence-electron chi connectivity index (χ3n) is 4.63. The van der Waals surface area contributed by atoms with Crippen molar-refractivity contribution in [1.29, 1.82) is 0 Å². The monoisotopic (exact) mass is 526 g/mol. The molecule has 35 heavy (non-hydrogen) atoms. The molecule has 2 unspecified atom stereocenters. The van der Waals surface area contributed by atoms with Crippen molar-refractivity contribution >= 4 is 41.4 Å². The molecule has 0 bridgehead atoms. The summed E-state index contributed by atoms with van der Waals surface area (Å²) >= 11 is 1.59. The Morgan fingerprint density at radius 2 is 1.89 bits per heavy atom. The quantitative estimate of drug-likeness (QED) is 0.132. The van der Waals surface area contributed by atoms with Gasteiger partial charge in [-0.25, -0.2) is 14.7 Å². The molecule has 5 nitrogen and oxygen atoms in total. The molecule has 0 aliphatic rings. The smallest absolute Gasteiger partial charge is 0.270 e. The van der Waals surface area contributed by atoms with Gasteiger partial charge in [0.15, 0.2) is 5.82 Å². The second-order valence-electron chi connectivity index (χ2n) is 8.15. The second kappa shape index (κ2) is 11.9. The number of benzene rings is 2. The maximum Gasteiger partial charge on any atom is 0.270 e. The van der Waals surface area contributed by atoms with Gasteiger partial charge in [0.05, 0.1) is 16.4 Å². The van der Waals surface area contributed by atoms with Crippen LogP contribution in [0, 0.1) is 6.92 Å². The standard InChI is InChI=1S/C26H29FN4OP2S/c1-17(2)15-35-20(5)29-19(4)7-9-21-14-22(8-6-18(21)3)25-28-16-31(30-25)23-10-12-24(13-11-23)32-26(27,33)34/h6-16H,4,33-34H2,1-3,5H3/b9-7-,29-20?. The highest BCUT2D eigenvalue weighted by Gasteiger charge is 2.17. The number of aryl methyl sites for hydroxylation is 1. The largest absolute Gasteiger partial charge is 0.452 e. The minimum Gasteiger partial charge on any atom is -0.452 e. The summed E-state index contributed by atoms with van der Waals surface area (Å²) in [4.78, 5) is 9.00. The number of halogens is 1. The van der Waals surface area contributed by atoms with Gasteiger partial charge in [-0.1, -0.05) is 42.1 Å². The zero-order valence-corrected chi connectivity index (χ0v) is 23.3. The lowest BCUT2D eigenvalue weighted by Crippen LogP contribution is -2.12. The number of alkyl halides is 1. The molecule has 9 heteroatoms. The highest BCUT2D eigenvalue weighted by molar-refractivity contribution is 8.16. The molecule has 0 saturated carbocycles. The molecule has 0 spiro atoms.